The third-order valence-electron chi connectivity index (χ3n) is 2.20. The van der Waals surface area contributed by atoms with Crippen molar-refractivity contribution in [1.29, 1.82) is 0 Å². The molecule has 0 fully saturated rings. The maximum atomic E-state index is 10.3. The van der Waals surface area contributed by atoms with Gasteiger partial charge in [-0.05, 0) is 6.42 Å². The van der Waals surface area contributed by atoms with E-state index in [0.717, 1.165) is 0 Å². The van der Waals surface area contributed by atoms with E-state index in [9.17, 15) is 19.2 Å². The van der Waals surface area contributed by atoms with E-state index in [2.05, 4.69) is 0 Å². The van der Waals surface area contributed by atoms with Gasteiger partial charge in [-0.2, -0.15) is 0 Å². The van der Waals surface area contributed by atoms with Gasteiger partial charge in [0.2, 0.25) is 0 Å². The molecule has 0 aliphatic heterocycles. The molecule has 0 aliphatic carbocycles. The van der Waals surface area contributed by atoms with Gasteiger partial charge in [-0.25, -0.2) is 0 Å². The molecule has 0 saturated heterocycles. The van der Waals surface area contributed by atoms with Crippen LogP contribution in [0.2, 0.25) is 0 Å². The fourth-order valence-electron chi connectivity index (χ4n) is 0.788. The number of nitrogens with two attached hydrogens (primary N) is 3. The maximum Gasteiger partial charge on any atom is 0.321 e. The predicted molar refractivity (Wildman–Crippen MR) is 100 cm³/mol. The van der Waals surface area contributed by atoms with E-state index in [4.69, 9.17) is 37.6 Å². The van der Waals surface area contributed by atoms with Crippen molar-refractivity contribution in [1.82, 2.24) is 0 Å². The van der Waals surface area contributed by atoms with Gasteiger partial charge >= 0.3 is 23.9 Å². The Hall–Kier alpha value is 0.460. The van der Waals surface area contributed by atoms with Crippen LogP contribution in [-0.2, 0) is 19.2 Å². The summed E-state index contributed by atoms with van der Waals surface area (Å²) >= 11 is 0. The van der Waals surface area contributed by atoms with Crippen LogP contribution in [0.25, 0.3) is 0 Å². The minimum atomic E-state index is -1.17. The number of carbonyl (C=O) groups is 4. The second-order valence-corrected chi connectivity index (χ2v) is 6.89. The van der Waals surface area contributed by atoms with Crippen LogP contribution >= 0.6 is 21.6 Å². The zero-order chi connectivity index (χ0) is 19.3. The Kier molecular flexibility index (Phi) is 26.4. The minimum Gasteiger partial charge on any atom is -0.481 e. The largest absolute Gasteiger partial charge is 0.481 e. The smallest absolute Gasteiger partial charge is 0.321 e. The second-order valence-electron chi connectivity index (χ2n) is 4.34. The minimum absolute atomic E-state index is 0. The summed E-state index contributed by atoms with van der Waals surface area (Å²) < 4.78 is 0. The Labute approximate surface area is 202 Å². The summed E-state index contributed by atoms with van der Waals surface area (Å²) in [5.41, 5.74) is 15.4. The van der Waals surface area contributed by atoms with Crippen LogP contribution in [0.1, 0.15) is 12.8 Å². The Balaban J connectivity index is -0.000000181. The Bertz CT molecular complexity index is 426. The Morgan fingerprint density at radius 1 is 0.692 bits per heavy atom. The van der Waals surface area contributed by atoms with E-state index in [-0.39, 0.29) is 83.5 Å². The van der Waals surface area contributed by atoms with Gasteiger partial charge < -0.3 is 37.6 Å². The molecule has 0 spiro atoms. The molecule has 0 rings (SSSR count). The molecule has 142 valence electrons. The van der Waals surface area contributed by atoms with Crippen molar-refractivity contribution in [3.05, 3.63) is 0 Å². The average molecular weight is 433 g/mol. The van der Waals surface area contributed by atoms with E-state index in [1.807, 2.05) is 0 Å². The molecule has 0 saturated carbocycles. The summed E-state index contributed by atoms with van der Waals surface area (Å²) in [6.45, 7) is 0. The van der Waals surface area contributed by atoms with Crippen molar-refractivity contribution in [2.45, 2.75) is 31.0 Å². The molecule has 2 radical (unpaired) electrons. The Morgan fingerprint density at radius 2 is 1.00 bits per heavy atom. The number of hydrogen-bond donors (Lipinski definition) is 7. The normalized spacial score (nSPS) is 12.7. The fraction of sp³-hybridized carbons (Fsp3) is 0.636. The molecular formula is C11H21N3Na2O8S2. The van der Waals surface area contributed by atoms with Crippen LogP contribution in [-0.4, -0.2) is 133 Å². The monoisotopic (exact) mass is 433 g/mol. The van der Waals surface area contributed by atoms with Crippen molar-refractivity contribution in [2.75, 3.05) is 11.5 Å². The topological polar surface area (TPSA) is 227 Å². The van der Waals surface area contributed by atoms with Gasteiger partial charge in [-0.15, -0.1) is 0 Å². The van der Waals surface area contributed by atoms with Crippen molar-refractivity contribution in [3.8, 4) is 0 Å². The van der Waals surface area contributed by atoms with Crippen molar-refractivity contribution in [2.24, 2.45) is 17.2 Å². The zero-order valence-electron chi connectivity index (χ0n) is 14.5. The first-order valence-corrected chi connectivity index (χ1v) is 8.89. The van der Waals surface area contributed by atoms with Crippen LogP contribution < -0.4 is 17.2 Å². The van der Waals surface area contributed by atoms with E-state index >= 15 is 0 Å². The number of rotatable bonds is 11. The molecule has 0 heterocycles. The SMILES string of the molecule is N[C@@H](CCC(=O)O)C(=O)O.N[C@@H](CSSC[C@H](N)C(=O)O)C(=O)O.[Na].[Na]. The van der Waals surface area contributed by atoms with Gasteiger partial charge in [-0.1, -0.05) is 21.6 Å². The van der Waals surface area contributed by atoms with Gasteiger partial charge in [0.1, 0.15) is 18.1 Å². The summed E-state index contributed by atoms with van der Waals surface area (Å²) in [5, 5.41) is 33.1. The molecule has 0 aromatic carbocycles. The van der Waals surface area contributed by atoms with Crippen LogP contribution in [0.5, 0.6) is 0 Å². The first-order valence-electron chi connectivity index (χ1n) is 6.40. The van der Waals surface area contributed by atoms with Crippen LogP contribution in [0.3, 0.4) is 0 Å². The van der Waals surface area contributed by atoms with Crippen LogP contribution in [0, 0.1) is 0 Å². The molecule has 11 nitrogen and oxygen atoms in total. The third kappa shape index (κ3) is 22.5. The molecule has 0 unspecified atom stereocenters. The van der Waals surface area contributed by atoms with Crippen LogP contribution in [0.15, 0.2) is 0 Å². The number of carboxylic acids is 4. The molecule has 26 heavy (non-hydrogen) atoms. The second kappa shape index (κ2) is 20.2. The molecule has 0 aliphatic rings. The molecule has 0 bridgehead atoms. The first kappa shape index (κ1) is 34.0. The van der Waals surface area contributed by atoms with E-state index in [1.165, 1.54) is 21.6 Å². The fourth-order valence-corrected chi connectivity index (χ4v) is 3.02. The van der Waals surface area contributed by atoms with Crippen LogP contribution in [0.4, 0.5) is 0 Å². The van der Waals surface area contributed by atoms with Crippen molar-refractivity contribution >= 4 is 105 Å². The van der Waals surface area contributed by atoms with E-state index < -0.39 is 42.0 Å². The Morgan fingerprint density at radius 3 is 1.23 bits per heavy atom. The summed E-state index contributed by atoms with van der Waals surface area (Å²) in [6, 6.07) is -2.90. The summed E-state index contributed by atoms with van der Waals surface area (Å²) in [6.07, 6.45) is -0.224. The summed E-state index contributed by atoms with van der Waals surface area (Å²) in [7, 11) is 2.41. The third-order valence-corrected chi connectivity index (χ3v) is 4.67. The molecule has 10 N–H and O–H groups in total. The molecule has 0 aromatic heterocycles. The average Bonchev–Trinajstić information content (AvgIpc) is 2.48. The standard InChI is InChI=1S/C6H12N2O4S2.C5H9NO4.2Na/c7-3(5(9)10)1-13-14-2-4(8)6(11)12;6-3(5(9)10)1-2-4(7)8;;/h3-4H,1-2,7-8H2,(H,9,10)(H,11,12);3H,1-2,6H2,(H,7,8)(H,9,10);;/t3-,4-;3-;;/m00../s1. The first-order chi connectivity index (χ1) is 11.0. The van der Waals surface area contributed by atoms with Gasteiger partial charge in [0, 0.05) is 77.0 Å². The maximum absolute atomic E-state index is 10.3. The van der Waals surface area contributed by atoms with Gasteiger partial charge in [0.05, 0.1) is 0 Å². The van der Waals surface area contributed by atoms with Gasteiger partial charge in [-0.3, -0.25) is 19.2 Å². The quantitative estimate of drug-likeness (QED) is 0.103. The summed E-state index contributed by atoms with van der Waals surface area (Å²) in [5.74, 6) is -3.88. The molecule has 15 heteroatoms. The predicted octanol–water partition coefficient (Wildman–Crippen LogP) is -2.31. The zero-order valence-corrected chi connectivity index (χ0v) is 20.2. The van der Waals surface area contributed by atoms with Gasteiger partial charge in [0.25, 0.3) is 0 Å². The van der Waals surface area contributed by atoms with Gasteiger partial charge in [0.15, 0.2) is 0 Å². The van der Waals surface area contributed by atoms with Crippen molar-refractivity contribution < 1.29 is 39.6 Å². The number of carboxylic acid groups (broad SMARTS) is 4. The number of aliphatic carboxylic acids is 4. The molecule has 0 aromatic rings. The number of hydrogen-bond acceptors (Lipinski definition) is 9. The van der Waals surface area contributed by atoms with E-state index in [0.29, 0.717) is 0 Å². The molecular weight excluding hydrogens is 412 g/mol. The van der Waals surface area contributed by atoms with Crippen molar-refractivity contribution in [3.63, 3.8) is 0 Å². The molecule has 0 amide bonds. The van der Waals surface area contributed by atoms with E-state index in [1.54, 1.807) is 0 Å². The molecule has 3 atom stereocenters. The summed E-state index contributed by atoms with van der Waals surface area (Å²) in [4.78, 5) is 40.4.